The summed E-state index contributed by atoms with van der Waals surface area (Å²) in [4.78, 5) is 16.1. The third-order valence-electron chi connectivity index (χ3n) is 2.37. The van der Waals surface area contributed by atoms with Crippen LogP contribution in [-0.4, -0.2) is 38.9 Å². The smallest absolute Gasteiger partial charge is 0.255 e. The van der Waals surface area contributed by atoms with E-state index in [-0.39, 0.29) is 12.5 Å². The Hall–Kier alpha value is -2.21. The standard InChI is InChI=1S/C12H14N4O2/c17-9-3-6-14-12(18)10-4-1-5-13-11(10)16-8-2-7-15-16/h1-2,4-5,7-8,17H,3,6,9H2,(H,14,18). The number of carbonyl (C=O) groups excluding carboxylic acids is 1. The van der Waals surface area contributed by atoms with E-state index in [1.807, 2.05) is 0 Å². The van der Waals surface area contributed by atoms with Crippen molar-refractivity contribution < 1.29 is 9.90 Å². The molecule has 94 valence electrons. The molecule has 0 radical (unpaired) electrons. The average molecular weight is 246 g/mol. The number of amides is 1. The van der Waals surface area contributed by atoms with Crippen LogP contribution in [0.5, 0.6) is 0 Å². The number of nitrogens with zero attached hydrogens (tertiary/aromatic N) is 3. The normalized spacial score (nSPS) is 10.3. The summed E-state index contributed by atoms with van der Waals surface area (Å²) in [5, 5.41) is 15.5. The third-order valence-corrected chi connectivity index (χ3v) is 2.37. The van der Waals surface area contributed by atoms with Gasteiger partial charge in [-0.3, -0.25) is 4.79 Å². The highest BCUT2D eigenvalue weighted by molar-refractivity contribution is 5.97. The topological polar surface area (TPSA) is 80.0 Å². The van der Waals surface area contributed by atoms with Crippen molar-refractivity contribution >= 4 is 5.91 Å². The minimum atomic E-state index is -0.220. The Balaban J connectivity index is 2.20. The van der Waals surface area contributed by atoms with Gasteiger partial charge in [0.1, 0.15) is 0 Å². The largest absolute Gasteiger partial charge is 0.396 e. The molecule has 0 fully saturated rings. The Labute approximate surface area is 104 Å². The summed E-state index contributed by atoms with van der Waals surface area (Å²) in [5.41, 5.74) is 0.458. The lowest BCUT2D eigenvalue weighted by atomic mass is 10.2. The van der Waals surface area contributed by atoms with Crippen LogP contribution in [0.3, 0.4) is 0 Å². The number of hydrogen-bond acceptors (Lipinski definition) is 4. The molecular weight excluding hydrogens is 232 g/mol. The van der Waals surface area contributed by atoms with Crippen LogP contribution in [0.25, 0.3) is 5.82 Å². The van der Waals surface area contributed by atoms with Gasteiger partial charge in [-0.2, -0.15) is 5.10 Å². The fraction of sp³-hybridized carbons (Fsp3) is 0.250. The van der Waals surface area contributed by atoms with Crippen LogP contribution >= 0.6 is 0 Å². The lowest BCUT2D eigenvalue weighted by molar-refractivity contribution is 0.0950. The zero-order chi connectivity index (χ0) is 12.8. The lowest BCUT2D eigenvalue weighted by Crippen LogP contribution is -2.26. The molecule has 0 aliphatic rings. The van der Waals surface area contributed by atoms with Crippen LogP contribution in [0.1, 0.15) is 16.8 Å². The van der Waals surface area contributed by atoms with Crippen molar-refractivity contribution in [2.45, 2.75) is 6.42 Å². The predicted molar refractivity (Wildman–Crippen MR) is 65.4 cm³/mol. The Morgan fingerprint density at radius 1 is 1.39 bits per heavy atom. The van der Waals surface area contributed by atoms with E-state index in [0.29, 0.717) is 24.3 Å². The molecule has 0 spiro atoms. The van der Waals surface area contributed by atoms with Gasteiger partial charge in [-0.25, -0.2) is 9.67 Å². The Kier molecular flexibility index (Phi) is 4.03. The first kappa shape index (κ1) is 12.3. The maximum Gasteiger partial charge on any atom is 0.255 e. The number of aromatic nitrogens is 3. The molecule has 2 heterocycles. The van der Waals surface area contributed by atoms with Crippen LogP contribution in [0, 0.1) is 0 Å². The SMILES string of the molecule is O=C(NCCCO)c1cccnc1-n1cccn1. The van der Waals surface area contributed by atoms with Gasteiger partial charge in [0, 0.05) is 31.7 Å². The van der Waals surface area contributed by atoms with Crippen LogP contribution in [-0.2, 0) is 0 Å². The molecule has 0 aromatic carbocycles. The fourth-order valence-corrected chi connectivity index (χ4v) is 1.53. The molecule has 18 heavy (non-hydrogen) atoms. The van der Waals surface area contributed by atoms with Crippen LogP contribution in [0.4, 0.5) is 0 Å². The zero-order valence-electron chi connectivity index (χ0n) is 9.78. The molecule has 2 rings (SSSR count). The molecule has 0 saturated carbocycles. The van der Waals surface area contributed by atoms with Crippen molar-refractivity contribution in [2.75, 3.05) is 13.2 Å². The van der Waals surface area contributed by atoms with Gasteiger partial charge in [0.05, 0.1) is 5.56 Å². The average Bonchev–Trinajstić information content (AvgIpc) is 2.93. The Morgan fingerprint density at radius 2 is 2.28 bits per heavy atom. The molecule has 6 nitrogen and oxygen atoms in total. The minimum absolute atomic E-state index is 0.0549. The first-order chi connectivity index (χ1) is 8.83. The van der Waals surface area contributed by atoms with Crippen LogP contribution in [0.2, 0.25) is 0 Å². The first-order valence-electron chi connectivity index (χ1n) is 5.67. The molecule has 0 bridgehead atoms. The van der Waals surface area contributed by atoms with Gasteiger partial charge in [-0.05, 0) is 24.6 Å². The van der Waals surface area contributed by atoms with Crippen molar-refractivity contribution in [1.82, 2.24) is 20.1 Å². The van der Waals surface area contributed by atoms with Crippen LogP contribution < -0.4 is 5.32 Å². The van der Waals surface area contributed by atoms with Gasteiger partial charge < -0.3 is 10.4 Å². The van der Waals surface area contributed by atoms with E-state index >= 15 is 0 Å². The second-order valence-electron chi connectivity index (χ2n) is 3.66. The molecule has 1 amide bonds. The van der Waals surface area contributed by atoms with Gasteiger partial charge in [-0.1, -0.05) is 0 Å². The number of hydrogen-bond donors (Lipinski definition) is 2. The lowest BCUT2D eigenvalue weighted by Gasteiger charge is -2.08. The number of nitrogens with one attached hydrogen (secondary N) is 1. The molecule has 0 aliphatic heterocycles. The monoisotopic (exact) mass is 246 g/mol. The second-order valence-corrected chi connectivity index (χ2v) is 3.66. The molecule has 6 heteroatoms. The van der Waals surface area contributed by atoms with Gasteiger partial charge in [0.2, 0.25) is 0 Å². The number of rotatable bonds is 5. The van der Waals surface area contributed by atoms with Gasteiger partial charge in [-0.15, -0.1) is 0 Å². The fourth-order valence-electron chi connectivity index (χ4n) is 1.53. The zero-order valence-corrected chi connectivity index (χ0v) is 9.78. The van der Waals surface area contributed by atoms with Crippen molar-refractivity contribution in [2.24, 2.45) is 0 Å². The van der Waals surface area contributed by atoms with Crippen LogP contribution in [0.15, 0.2) is 36.8 Å². The number of pyridine rings is 1. The van der Waals surface area contributed by atoms with E-state index in [1.54, 1.807) is 41.5 Å². The molecule has 2 aromatic heterocycles. The van der Waals surface area contributed by atoms with E-state index in [2.05, 4.69) is 15.4 Å². The summed E-state index contributed by atoms with van der Waals surface area (Å²) in [6.45, 7) is 0.488. The summed E-state index contributed by atoms with van der Waals surface area (Å²) < 4.78 is 1.54. The molecule has 2 N–H and O–H groups in total. The van der Waals surface area contributed by atoms with Gasteiger partial charge in [0.25, 0.3) is 5.91 Å². The molecule has 0 atom stereocenters. The summed E-state index contributed by atoms with van der Waals surface area (Å²) in [6, 6.07) is 5.16. The summed E-state index contributed by atoms with van der Waals surface area (Å²) >= 11 is 0. The molecule has 0 saturated heterocycles. The van der Waals surface area contributed by atoms with E-state index in [1.165, 1.54) is 0 Å². The van der Waals surface area contributed by atoms with E-state index in [9.17, 15) is 4.79 Å². The highest BCUT2D eigenvalue weighted by Gasteiger charge is 2.13. The summed E-state index contributed by atoms with van der Waals surface area (Å²) in [5.74, 6) is 0.269. The van der Waals surface area contributed by atoms with Gasteiger partial charge in [0.15, 0.2) is 5.82 Å². The van der Waals surface area contributed by atoms with Gasteiger partial charge >= 0.3 is 0 Å². The molecule has 0 aliphatic carbocycles. The summed E-state index contributed by atoms with van der Waals surface area (Å²) in [6.07, 6.45) is 5.50. The second kappa shape index (κ2) is 5.92. The maximum absolute atomic E-state index is 12.0. The molecular formula is C12H14N4O2. The Morgan fingerprint density at radius 3 is 3.00 bits per heavy atom. The van der Waals surface area contributed by atoms with E-state index in [0.717, 1.165) is 0 Å². The van der Waals surface area contributed by atoms with E-state index in [4.69, 9.17) is 5.11 Å². The minimum Gasteiger partial charge on any atom is -0.396 e. The van der Waals surface area contributed by atoms with E-state index < -0.39 is 0 Å². The quantitative estimate of drug-likeness (QED) is 0.747. The number of carbonyl (C=O) groups is 1. The number of aliphatic hydroxyl groups excluding tert-OH is 1. The maximum atomic E-state index is 12.0. The Bertz CT molecular complexity index is 511. The van der Waals surface area contributed by atoms with Crippen molar-refractivity contribution in [3.05, 3.63) is 42.4 Å². The molecule has 0 unspecified atom stereocenters. The molecule has 2 aromatic rings. The first-order valence-corrected chi connectivity index (χ1v) is 5.67. The van der Waals surface area contributed by atoms with Crippen molar-refractivity contribution in [3.63, 3.8) is 0 Å². The van der Waals surface area contributed by atoms with Crippen molar-refractivity contribution in [3.8, 4) is 5.82 Å². The predicted octanol–water partition coefficient (Wildman–Crippen LogP) is 0.379. The summed E-state index contributed by atoms with van der Waals surface area (Å²) in [7, 11) is 0. The third kappa shape index (κ3) is 2.72. The number of aliphatic hydroxyl groups is 1. The van der Waals surface area contributed by atoms with Crippen molar-refractivity contribution in [1.29, 1.82) is 0 Å². The highest BCUT2D eigenvalue weighted by Crippen LogP contribution is 2.09. The highest BCUT2D eigenvalue weighted by atomic mass is 16.3.